The molecule has 4 heterocycles. The molecular formula is C32H32N4O5. The fourth-order valence-electron chi connectivity index (χ4n) is 5.53. The van der Waals surface area contributed by atoms with Crippen molar-refractivity contribution < 1.29 is 23.4 Å². The van der Waals surface area contributed by atoms with E-state index in [0.717, 1.165) is 49.0 Å². The highest BCUT2D eigenvalue weighted by atomic mass is 16.5. The molecule has 4 aromatic rings. The van der Waals surface area contributed by atoms with Gasteiger partial charge in [-0.15, -0.1) is 0 Å². The standard InChI is InChI=1S/C32H32N4O5/c1-36(23-7-11-34-19-23)32(37)21-3-5-26(29(16-21)38-2)30-17-27-31(41-30)25(8-12-35-27)20-4-6-28(22(15-20)18-33)40-24-9-13-39-14-10-24/h3-6,8,12,15-17,23-24,34H,7,9-11,13-14,19H2,1-2H3. The molecule has 6 rings (SSSR count). The van der Waals surface area contributed by atoms with Crippen LogP contribution >= 0.6 is 0 Å². The number of fused-ring (bicyclic) bond motifs is 1. The largest absolute Gasteiger partial charge is 0.496 e. The molecule has 1 atom stereocenters. The van der Waals surface area contributed by atoms with Crippen LogP contribution in [0.15, 0.2) is 59.1 Å². The van der Waals surface area contributed by atoms with E-state index in [1.54, 1.807) is 30.3 Å². The molecular weight excluding hydrogens is 520 g/mol. The van der Waals surface area contributed by atoms with Gasteiger partial charge in [0.05, 0.1) is 31.5 Å². The molecule has 2 aliphatic heterocycles. The summed E-state index contributed by atoms with van der Waals surface area (Å²) in [6, 6.07) is 17.2. The Bertz CT molecular complexity index is 1610. The lowest BCUT2D eigenvalue weighted by atomic mass is 10.0. The van der Waals surface area contributed by atoms with Gasteiger partial charge < -0.3 is 28.8 Å². The van der Waals surface area contributed by atoms with Gasteiger partial charge in [0.2, 0.25) is 0 Å². The molecule has 2 aliphatic rings. The Morgan fingerprint density at radius 1 is 1.07 bits per heavy atom. The fraction of sp³-hybridized carbons (Fsp3) is 0.344. The molecule has 2 fully saturated rings. The number of aromatic nitrogens is 1. The summed E-state index contributed by atoms with van der Waals surface area (Å²) in [4.78, 5) is 19.5. The van der Waals surface area contributed by atoms with Crippen molar-refractivity contribution in [3.8, 4) is 40.0 Å². The third-order valence-corrected chi connectivity index (χ3v) is 7.90. The van der Waals surface area contributed by atoms with Crippen LogP contribution in [0.4, 0.5) is 0 Å². The summed E-state index contributed by atoms with van der Waals surface area (Å²) in [5.41, 5.74) is 4.65. The zero-order chi connectivity index (χ0) is 28.3. The monoisotopic (exact) mass is 552 g/mol. The van der Waals surface area contributed by atoms with Gasteiger partial charge in [-0.2, -0.15) is 5.26 Å². The number of nitrogens with one attached hydrogen (secondary N) is 1. The number of nitrogens with zero attached hydrogens (tertiary/aromatic N) is 3. The molecule has 2 aromatic heterocycles. The third-order valence-electron chi connectivity index (χ3n) is 7.90. The molecule has 1 amide bonds. The van der Waals surface area contributed by atoms with Crippen LogP contribution in [0.5, 0.6) is 11.5 Å². The van der Waals surface area contributed by atoms with Crippen LogP contribution < -0.4 is 14.8 Å². The maximum absolute atomic E-state index is 13.1. The van der Waals surface area contributed by atoms with E-state index in [1.807, 2.05) is 43.4 Å². The molecule has 41 heavy (non-hydrogen) atoms. The minimum Gasteiger partial charge on any atom is -0.496 e. The number of methoxy groups -OCH3 is 1. The van der Waals surface area contributed by atoms with E-state index in [4.69, 9.17) is 18.6 Å². The van der Waals surface area contributed by atoms with E-state index in [9.17, 15) is 10.1 Å². The number of ether oxygens (including phenoxy) is 3. The Morgan fingerprint density at radius 3 is 2.68 bits per heavy atom. The number of furan rings is 1. The molecule has 0 radical (unpaired) electrons. The van der Waals surface area contributed by atoms with Gasteiger partial charge in [0.25, 0.3) is 5.91 Å². The maximum atomic E-state index is 13.1. The number of rotatable bonds is 7. The molecule has 0 saturated carbocycles. The van der Waals surface area contributed by atoms with Crippen LogP contribution in [0.2, 0.25) is 0 Å². The summed E-state index contributed by atoms with van der Waals surface area (Å²) >= 11 is 0. The molecule has 0 aliphatic carbocycles. The lowest BCUT2D eigenvalue weighted by molar-refractivity contribution is 0.0254. The summed E-state index contributed by atoms with van der Waals surface area (Å²) in [5, 5.41) is 13.2. The summed E-state index contributed by atoms with van der Waals surface area (Å²) in [5.74, 6) is 1.64. The number of carbonyl (C=O) groups is 1. The van der Waals surface area contributed by atoms with Crippen molar-refractivity contribution in [1.82, 2.24) is 15.2 Å². The van der Waals surface area contributed by atoms with Crippen LogP contribution in [0.25, 0.3) is 33.6 Å². The number of nitriles is 1. The average Bonchev–Trinajstić information content (AvgIpc) is 3.71. The second kappa shape index (κ2) is 11.6. The fourth-order valence-corrected chi connectivity index (χ4v) is 5.53. The van der Waals surface area contributed by atoms with E-state index in [2.05, 4.69) is 16.4 Å². The second-order valence-corrected chi connectivity index (χ2v) is 10.4. The summed E-state index contributed by atoms with van der Waals surface area (Å²) < 4.78 is 23.6. The number of benzene rings is 2. The van der Waals surface area contributed by atoms with Crippen LogP contribution in [0.3, 0.4) is 0 Å². The minimum atomic E-state index is -0.0466. The first-order valence-corrected chi connectivity index (χ1v) is 13.9. The van der Waals surface area contributed by atoms with E-state index in [-0.39, 0.29) is 18.1 Å². The average molecular weight is 553 g/mol. The van der Waals surface area contributed by atoms with Crippen LogP contribution in [0, 0.1) is 11.3 Å². The van der Waals surface area contributed by atoms with Crippen molar-refractivity contribution in [3.05, 3.63) is 65.9 Å². The van der Waals surface area contributed by atoms with Crippen molar-refractivity contribution in [2.75, 3.05) is 40.5 Å². The SMILES string of the molecule is COc1cc(C(=O)N(C)C2CCNC2)ccc1-c1cc2nccc(-c3ccc(OC4CCOCC4)c(C#N)c3)c2o1. The van der Waals surface area contributed by atoms with Crippen molar-refractivity contribution in [2.24, 2.45) is 0 Å². The zero-order valence-electron chi connectivity index (χ0n) is 23.2. The highest BCUT2D eigenvalue weighted by molar-refractivity contribution is 5.96. The first kappa shape index (κ1) is 26.8. The molecule has 2 aromatic carbocycles. The lowest BCUT2D eigenvalue weighted by Crippen LogP contribution is -2.38. The van der Waals surface area contributed by atoms with Gasteiger partial charge in [-0.25, -0.2) is 0 Å². The molecule has 210 valence electrons. The van der Waals surface area contributed by atoms with Crippen LogP contribution in [-0.4, -0.2) is 68.4 Å². The Balaban J connectivity index is 1.30. The molecule has 1 unspecified atom stereocenters. The van der Waals surface area contributed by atoms with E-state index in [0.29, 0.717) is 52.7 Å². The highest BCUT2D eigenvalue weighted by Crippen LogP contribution is 2.38. The number of likely N-dealkylation sites (N-methyl/N-ethyl adjacent to an activating group) is 1. The van der Waals surface area contributed by atoms with Crippen LogP contribution in [0.1, 0.15) is 35.2 Å². The molecule has 9 nitrogen and oxygen atoms in total. The van der Waals surface area contributed by atoms with Gasteiger partial charge in [-0.05, 0) is 54.9 Å². The Kier molecular flexibility index (Phi) is 7.59. The van der Waals surface area contributed by atoms with Gasteiger partial charge in [-0.3, -0.25) is 9.78 Å². The Hall–Kier alpha value is -4.39. The zero-order valence-corrected chi connectivity index (χ0v) is 23.2. The van der Waals surface area contributed by atoms with Gasteiger partial charge in [-0.1, -0.05) is 6.07 Å². The third kappa shape index (κ3) is 5.36. The predicted octanol–water partition coefficient (Wildman–Crippen LogP) is 5.03. The lowest BCUT2D eigenvalue weighted by Gasteiger charge is -2.24. The number of hydrogen-bond acceptors (Lipinski definition) is 8. The Labute approximate surface area is 238 Å². The van der Waals surface area contributed by atoms with Gasteiger partial charge >= 0.3 is 0 Å². The normalized spacial score (nSPS) is 17.3. The van der Waals surface area contributed by atoms with Crippen molar-refractivity contribution in [3.63, 3.8) is 0 Å². The minimum absolute atomic E-state index is 0.0405. The maximum Gasteiger partial charge on any atom is 0.254 e. The molecule has 9 heteroatoms. The number of amides is 1. The summed E-state index contributed by atoms with van der Waals surface area (Å²) in [6.07, 6.45) is 4.31. The van der Waals surface area contributed by atoms with Crippen molar-refractivity contribution in [2.45, 2.75) is 31.4 Å². The topological polar surface area (TPSA) is 110 Å². The molecule has 2 saturated heterocycles. The van der Waals surface area contributed by atoms with Gasteiger partial charge in [0.1, 0.15) is 34.9 Å². The number of pyridine rings is 1. The van der Waals surface area contributed by atoms with Crippen LogP contribution in [-0.2, 0) is 4.74 Å². The van der Waals surface area contributed by atoms with Gasteiger partial charge in [0, 0.05) is 55.9 Å². The number of carbonyl (C=O) groups excluding carboxylic acids is 1. The molecule has 1 N–H and O–H groups in total. The van der Waals surface area contributed by atoms with Crippen molar-refractivity contribution >= 4 is 17.0 Å². The quantitative estimate of drug-likeness (QED) is 0.340. The summed E-state index contributed by atoms with van der Waals surface area (Å²) in [7, 11) is 3.42. The first-order valence-electron chi connectivity index (χ1n) is 13.9. The highest BCUT2D eigenvalue weighted by Gasteiger charge is 2.25. The van der Waals surface area contributed by atoms with E-state index < -0.39 is 0 Å². The molecule has 0 bridgehead atoms. The summed E-state index contributed by atoms with van der Waals surface area (Å²) in [6.45, 7) is 3.05. The van der Waals surface area contributed by atoms with E-state index >= 15 is 0 Å². The van der Waals surface area contributed by atoms with E-state index in [1.165, 1.54) is 0 Å². The number of hydrogen-bond donors (Lipinski definition) is 1. The molecule has 0 spiro atoms. The van der Waals surface area contributed by atoms with Gasteiger partial charge in [0.15, 0.2) is 5.58 Å². The van der Waals surface area contributed by atoms with Crippen molar-refractivity contribution in [1.29, 1.82) is 5.26 Å². The predicted molar refractivity (Wildman–Crippen MR) is 154 cm³/mol. The second-order valence-electron chi connectivity index (χ2n) is 10.4. The smallest absolute Gasteiger partial charge is 0.254 e. The first-order chi connectivity index (χ1) is 20.1. The Morgan fingerprint density at radius 2 is 1.93 bits per heavy atom.